The van der Waals surface area contributed by atoms with Gasteiger partial charge in [-0.3, -0.25) is 0 Å². The van der Waals surface area contributed by atoms with Crippen LogP contribution in [0, 0.1) is 5.82 Å². The van der Waals surface area contributed by atoms with Crippen LogP contribution in [0.15, 0.2) is 52.9 Å². The molecule has 6 heteroatoms. The van der Waals surface area contributed by atoms with Crippen molar-refractivity contribution in [1.29, 1.82) is 0 Å². The molecule has 3 aromatic rings. The molecule has 1 heterocycles. The molecule has 104 valence electrons. The molecule has 0 amide bonds. The highest BCUT2D eigenvalue weighted by Gasteiger charge is 2.17. The third-order valence-corrected chi connectivity index (χ3v) is 2.88. The topological polar surface area (TPSA) is 76.2 Å². The van der Waals surface area contributed by atoms with Crippen molar-refractivity contribution in [3.63, 3.8) is 0 Å². The maximum absolute atomic E-state index is 13.2. The van der Waals surface area contributed by atoms with Gasteiger partial charge in [0.15, 0.2) is 0 Å². The molecule has 21 heavy (non-hydrogen) atoms. The van der Waals surface area contributed by atoms with Crippen LogP contribution in [0.5, 0.6) is 0 Å². The molecule has 0 saturated heterocycles. The van der Waals surface area contributed by atoms with E-state index in [1.807, 2.05) is 0 Å². The molecule has 0 aliphatic carbocycles. The number of halogens is 1. The highest BCUT2D eigenvalue weighted by molar-refractivity contribution is 5.94. The Morgan fingerprint density at radius 1 is 1.05 bits per heavy atom. The van der Waals surface area contributed by atoms with Crippen molar-refractivity contribution in [1.82, 2.24) is 10.2 Å². The van der Waals surface area contributed by atoms with Crippen molar-refractivity contribution in [2.45, 2.75) is 0 Å². The van der Waals surface area contributed by atoms with Crippen LogP contribution in [0.2, 0.25) is 0 Å². The van der Waals surface area contributed by atoms with E-state index in [1.165, 1.54) is 24.3 Å². The van der Waals surface area contributed by atoms with E-state index in [-0.39, 0.29) is 17.3 Å². The second-order valence-corrected chi connectivity index (χ2v) is 4.27. The second kappa shape index (κ2) is 5.16. The first-order valence-electron chi connectivity index (χ1n) is 6.07. The van der Waals surface area contributed by atoms with Gasteiger partial charge >= 0.3 is 5.97 Å². The summed E-state index contributed by atoms with van der Waals surface area (Å²) in [5, 5.41) is 16.8. The number of carbonyl (C=O) groups is 1. The van der Waals surface area contributed by atoms with Crippen LogP contribution in [-0.4, -0.2) is 21.3 Å². The normalized spacial score (nSPS) is 10.5. The van der Waals surface area contributed by atoms with E-state index in [4.69, 9.17) is 9.52 Å². The molecule has 0 atom stereocenters. The number of rotatable bonds is 3. The van der Waals surface area contributed by atoms with Crippen LogP contribution in [0.25, 0.3) is 22.9 Å². The number of aromatic nitrogens is 2. The number of nitrogens with zero attached hydrogens (tertiary/aromatic N) is 2. The first-order chi connectivity index (χ1) is 10.1. The van der Waals surface area contributed by atoms with Crippen LogP contribution in [0.3, 0.4) is 0 Å². The summed E-state index contributed by atoms with van der Waals surface area (Å²) in [4.78, 5) is 11.2. The third-order valence-electron chi connectivity index (χ3n) is 2.88. The van der Waals surface area contributed by atoms with E-state index in [2.05, 4.69) is 10.2 Å². The summed E-state index contributed by atoms with van der Waals surface area (Å²) in [6.07, 6.45) is 0. The lowest BCUT2D eigenvalue weighted by Crippen LogP contribution is -1.98. The minimum Gasteiger partial charge on any atom is -0.478 e. The molecule has 0 aliphatic heterocycles. The van der Waals surface area contributed by atoms with Gasteiger partial charge in [0, 0.05) is 5.56 Å². The largest absolute Gasteiger partial charge is 0.478 e. The zero-order chi connectivity index (χ0) is 14.8. The Morgan fingerprint density at radius 3 is 2.57 bits per heavy atom. The summed E-state index contributed by atoms with van der Waals surface area (Å²) >= 11 is 0. The Hall–Kier alpha value is -3.02. The zero-order valence-electron chi connectivity index (χ0n) is 10.7. The molecule has 0 unspecified atom stereocenters. The third kappa shape index (κ3) is 2.51. The summed E-state index contributed by atoms with van der Waals surface area (Å²) in [5.41, 5.74) is 0.814. The van der Waals surface area contributed by atoms with Crippen molar-refractivity contribution in [3.8, 4) is 22.9 Å². The van der Waals surface area contributed by atoms with Crippen LogP contribution in [-0.2, 0) is 0 Å². The SMILES string of the molecule is O=C(O)c1ccccc1-c1nnc(-c2cccc(F)c2)o1. The number of aromatic carboxylic acids is 1. The fourth-order valence-corrected chi connectivity index (χ4v) is 1.93. The molecular weight excluding hydrogens is 275 g/mol. The van der Waals surface area contributed by atoms with E-state index in [0.29, 0.717) is 11.1 Å². The molecule has 0 saturated carbocycles. The molecule has 2 aromatic carbocycles. The molecule has 5 nitrogen and oxygen atoms in total. The summed E-state index contributed by atoms with van der Waals surface area (Å²) in [5.74, 6) is -1.30. The molecule has 0 aliphatic rings. The lowest BCUT2D eigenvalue weighted by molar-refractivity contribution is 0.0697. The molecule has 1 N–H and O–H groups in total. The quantitative estimate of drug-likeness (QED) is 0.799. The van der Waals surface area contributed by atoms with Gasteiger partial charge < -0.3 is 9.52 Å². The van der Waals surface area contributed by atoms with Crippen molar-refractivity contribution < 1.29 is 18.7 Å². The number of carboxylic acids is 1. The second-order valence-electron chi connectivity index (χ2n) is 4.27. The van der Waals surface area contributed by atoms with Gasteiger partial charge in [0.2, 0.25) is 11.8 Å². The Bertz CT molecular complexity index is 814. The standard InChI is InChI=1S/C15H9FN2O3/c16-10-5-3-4-9(8-10)13-17-18-14(21-13)11-6-1-2-7-12(11)15(19)20/h1-8H,(H,19,20). The highest BCUT2D eigenvalue weighted by Crippen LogP contribution is 2.26. The molecule has 3 rings (SSSR count). The van der Waals surface area contributed by atoms with Gasteiger partial charge in [-0.15, -0.1) is 10.2 Å². The van der Waals surface area contributed by atoms with Gasteiger partial charge in [-0.2, -0.15) is 0 Å². The molecule has 0 bridgehead atoms. The Labute approximate surface area is 118 Å². The average Bonchev–Trinajstić information content (AvgIpc) is 2.97. The lowest BCUT2D eigenvalue weighted by atomic mass is 10.1. The number of hydrogen-bond donors (Lipinski definition) is 1. The fourth-order valence-electron chi connectivity index (χ4n) is 1.93. The van der Waals surface area contributed by atoms with E-state index in [1.54, 1.807) is 24.3 Å². The van der Waals surface area contributed by atoms with Gasteiger partial charge in [-0.05, 0) is 30.3 Å². The summed E-state index contributed by atoms with van der Waals surface area (Å²) < 4.78 is 18.6. The first kappa shape index (κ1) is 13.0. The Kier molecular flexibility index (Phi) is 3.19. The monoisotopic (exact) mass is 284 g/mol. The van der Waals surface area contributed by atoms with Crippen LogP contribution >= 0.6 is 0 Å². The minimum atomic E-state index is -1.09. The van der Waals surface area contributed by atoms with Gasteiger partial charge in [0.1, 0.15) is 5.82 Å². The molecule has 0 spiro atoms. The van der Waals surface area contributed by atoms with E-state index >= 15 is 0 Å². The molecule has 1 aromatic heterocycles. The predicted octanol–water partition coefficient (Wildman–Crippen LogP) is 3.24. The minimum absolute atomic E-state index is 0.0620. The van der Waals surface area contributed by atoms with E-state index in [9.17, 15) is 9.18 Å². The first-order valence-corrected chi connectivity index (χ1v) is 6.07. The maximum Gasteiger partial charge on any atom is 0.336 e. The number of benzene rings is 2. The smallest absolute Gasteiger partial charge is 0.336 e. The van der Waals surface area contributed by atoms with Crippen LogP contribution < -0.4 is 0 Å². The fraction of sp³-hybridized carbons (Fsp3) is 0. The summed E-state index contributed by atoms with van der Waals surface area (Å²) in [7, 11) is 0. The Morgan fingerprint density at radius 2 is 1.81 bits per heavy atom. The van der Waals surface area contributed by atoms with E-state index < -0.39 is 11.8 Å². The van der Waals surface area contributed by atoms with Gasteiger partial charge in [-0.25, -0.2) is 9.18 Å². The van der Waals surface area contributed by atoms with Gasteiger partial charge in [0.05, 0.1) is 11.1 Å². The van der Waals surface area contributed by atoms with Gasteiger partial charge in [-0.1, -0.05) is 18.2 Å². The molecule has 0 fully saturated rings. The summed E-state index contributed by atoms with van der Waals surface area (Å²) in [6, 6.07) is 12.0. The zero-order valence-corrected chi connectivity index (χ0v) is 10.7. The lowest BCUT2D eigenvalue weighted by Gasteiger charge is -2.00. The van der Waals surface area contributed by atoms with Crippen LogP contribution in [0.4, 0.5) is 4.39 Å². The molecule has 0 radical (unpaired) electrons. The van der Waals surface area contributed by atoms with Crippen molar-refractivity contribution >= 4 is 5.97 Å². The van der Waals surface area contributed by atoms with Crippen molar-refractivity contribution in [3.05, 3.63) is 59.9 Å². The van der Waals surface area contributed by atoms with Crippen LogP contribution in [0.1, 0.15) is 10.4 Å². The number of hydrogen-bond acceptors (Lipinski definition) is 4. The Balaban J connectivity index is 2.05. The van der Waals surface area contributed by atoms with Crippen molar-refractivity contribution in [2.75, 3.05) is 0 Å². The van der Waals surface area contributed by atoms with Crippen molar-refractivity contribution in [2.24, 2.45) is 0 Å². The average molecular weight is 284 g/mol. The highest BCUT2D eigenvalue weighted by atomic mass is 19.1. The molecular formula is C15H9FN2O3. The maximum atomic E-state index is 13.2. The van der Waals surface area contributed by atoms with Gasteiger partial charge in [0.25, 0.3) is 0 Å². The summed E-state index contributed by atoms with van der Waals surface area (Å²) in [6.45, 7) is 0. The number of carboxylic acid groups (broad SMARTS) is 1. The predicted molar refractivity (Wildman–Crippen MR) is 72.1 cm³/mol. The van der Waals surface area contributed by atoms with E-state index in [0.717, 1.165) is 0 Å².